The monoisotopic (exact) mass is 351 g/mol. The molecule has 0 aliphatic carbocycles. The highest BCUT2D eigenvalue weighted by Crippen LogP contribution is 2.32. The fourth-order valence-electron chi connectivity index (χ4n) is 2.29. The molecule has 125 valence electrons. The molecule has 0 aliphatic heterocycles. The summed E-state index contributed by atoms with van der Waals surface area (Å²) in [7, 11) is -7.53. The van der Waals surface area contributed by atoms with Crippen LogP contribution in [-0.4, -0.2) is 53.0 Å². The third-order valence-corrected chi connectivity index (χ3v) is 12.7. The maximum Gasteiger partial charge on any atom is 0.358 e. The molecule has 0 aromatic heterocycles. The fourth-order valence-corrected chi connectivity index (χ4v) is 14.4. The van der Waals surface area contributed by atoms with Crippen LogP contribution in [0.1, 0.15) is 19.8 Å². The normalized spacial score (nSPS) is 18.2. The predicted octanol–water partition coefficient (Wildman–Crippen LogP) is 2.30. The third kappa shape index (κ3) is 6.05. The van der Waals surface area contributed by atoms with Gasteiger partial charge in [-0.25, -0.2) is 0 Å². The summed E-state index contributed by atoms with van der Waals surface area (Å²) in [6, 6.07) is 0. The van der Waals surface area contributed by atoms with Gasteiger partial charge in [0.2, 0.25) is 6.29 Å². The summed E-state index contributed by atoms with van der Waals surface area (Å²) in [5.41, 5.74) is 0. The molecule has 0 rings (SSSR count). The molecule has 0 aromatic rings. The number of hydrogen-bond acceptors (Lipinski definition) is 5. The standard InChI is InChI=1S/C13H31O5Si3/c1-9-10-12(15)13(16,11-14)21(8,17-19(2,3)4)18-20(5,6)7/h12,15-16H,9-10H2,1-8H3. The van der Waals surface area contributed by atoms with Gasteiger partial charge in [-0.2, -0.15) is 0 Å². The van der Waals surface area contributed by atoms with Crippen LogP contribution in [0.5, 0.6) is 0 Å². The molecule has 1 radical (unpaired) electrons. The van der Waals surface area contributed by atoms with Crippen LogP contribution in [0.25, 0.3) is 0 Å². The first kappa shape index (κ1) is 21.2. The molecule has 2 N–H and O–H groups in total. The summed E-state index contributed by atoms with van der Waals surface area (Å²) in [5, 5.41) is 19.1. The maximum absolute atomic E-state index is 11.5. The number of rotatable bonds is 9. The van der Waals surface area contributed by atoms with E-state index in [0.29, 0.717) is 12.8 Å². The molecular weight excluding hydrogens is 320 g/mol. The molecular formula is C13H31O5Si3. The van der Waals surface area contributed by atoms with Crippen molar-refractivity contribution in [1.29, 1.82) is 0 Å². The van der Waals surface area contributed by atoms with Crippen LogP contribution in [0.4, 0.5) is 0 Å². The lowest BCUT2D eigenvalue weighted by molar-refractivity contribution is -0.00226. The minimum Gasteiger partial charge on any atom is -0.435 e. The van der Waals surface area contributed by atoms with Crippen molar-refractivity contribution in [3.8, 4) is 0 Å². The Morgan fingerprint density at radius 2 is 1.43 bits per heavy atom. The minimum absolute atomic E-state index is 0.304. The Morgan fingerprint density at radius 3 is 1.67 bits per heavy atom. The first-order valence-corrected chi connectivity index (χ1v) is 16.5. The van der Waals surface area contributed by atoms with E-state index < -0.39 is 36.5 Å². The first-order valence-electron chi connectivity index (χ1n) is 7.41. The summed E-state index contributed by atoms with van der Waals surface area (Å²) in [4.78, 5) is 11.5. The van der Waals surface area contributed by atoms with Gasteiger partial charge in [-0.05, 0) is 52.2 Å². The molecule has 5 nitrogen and oxygen atoms in total. The van der Waals surface area contributed by atoms with Crippen molar-refractivity contribution < 1.29 is 23.2 Å². The Labute approximate surface area is 132 Å². The van der Waals surface area contributed by atoms with E-state index >= 15 is 0 Å². The third-order valence-electron chi connectivity index (χ3n) is 2.89. The quantitative estimate of drug-likeness (QED) is 0.623. The highest BCUT2D eigenvalue weighted by atomic mass is 28.5. The van der Waals surface area contributed by atoms with E-state index in [4.69, 9.17) is 8.23 Å². The smallest absolute Gasteiger partial charge is 0.358 e. The Bertz CT molecular complexity index is 335. The van der Waals surface area contributed by atoms with Gasteiger partial charge in [0.15, 0.2) is 21.9 Å². The molecule has 0 fully saturated rings. The highest BCUT2D eigenvalue weighted by molar-refractivity contribution is 6.90. The molecule has 0 heterocycles. The van der Waals surface area contributed by atoms with E-state index in [1.54, 1.807) is 12.8 Å². The maximum atomic E-state index is 11.5. The molecule has 8 heteroatoms. The van der Waals surface area contributed by atoms with Crippen LogP contribution in [-0.2, 0) is 13.0 Å². The van der Waals surface area contributed by atoms with Gasteiger partial charge in [-0.15, -0.1) is 0 Å². The zero-order valence-electron chi connectivity index (χ0n) is 14.6. The van der Waals surface area contributed by atoms with E-state index in [9.17, 15) is 15.0 Å². The lowest BCUT2D eigenvalue weighted by Gasteiger charge is -2.46. The Kier molecular flexibility index (Phi) is 7.21. The van der Waals surface area contributed by atoms with Crippen molar-refractivity contribution in [2.24, 2.45) is 0 Å². The lowest BCUT2D eigenvalue weighted by atomic mass is 10.1. The van der Waals surface area contributed by atoms with E-state index in [2.05, 4.69) is 0 Å². The second-order valence-corrected chi connectivity index (χ2v) is 20.3. The van der Waals surface area contributed by atoms with Gasteiger partial charge in [-0.1, -0.05) is 13.3 Å². The average molecular weight is 352 g/mol. The number of carbonyl (C=O) groups excluding carboxylic acids is 1. The molecule has 2 atom stereocenters. The summed E-state index contributed by atoms with van der Waals surface area (Å²) in [5.74, 6) is 0. The summed E-state index contributed by atoms with van der Waals surface area (Å²) < 4.78 is 12.3. The van der Waals surface area contributed by atoms with Gasteiger partial charge in [0.05, 0.1) is 6.10 Å². The molecule has 0 aromatic carbocycles. The fraction of sp³-hybridized carbons (Fsp3) is 0.923. The van der Waals surface area contributed by atoms with Crippen LogP contribution < -0.4 is 0 Å². The molecule has 21 heavy (non-hydrogen) atoms. The largest absolute Gasteiger partial charge is 0.435 e. The van der Waals surface area contributed by atoms with Gasteiger partial charge >= 0.3 is 8.56 Å². The Hall–Kier alpha value is 0.161. The van der Waals surface area contributed by atoms with E-state index in [1.807, 2.05) is 46.2 Å². The molecule has 2 unspecified atom stereocenters. The van der Waals surface area contributed by atoms with Crippen LogP contribution in [0, 0.1) is 0 Å². The van der Waals surface area contributed by atoms with Crippen molar-refractivity contribution in [3.63, 3.8) is 0 Å². The predicted molar refractivity (Wildman–Crippen MR) is 92.0 cm³/mol. The van der Waals surface area contributed by atoms with Crippen molar-refractivity contribution in [2.75, 3.05) is 0 Å². The van der Waals surface area contributed by atoms with E-state index in [-0.39, 0.29) is 0 Å². The average Bonchev–Trinajstić information content (AvgIpc) is 2.22. The van der Waals surface area contributed by atoms with Gasteiger partial charge < -0.3 is 18.4 Å². The zero-order chi connectivity index (χ0) is 17.1. The van der Waals surface area contributed by atoms with Crippen LogP contribution >= 0.6 is 0 Å². The Balaban J connectivity index is 5.78. The topological polar surface area (TPSA) is 76.0 Å². The molecule has 0 aliphatic rings. The van der Waals surface area contributed by atoms with Crippen LogP contribution in [0.3, 0.4) is 0 Å². The summed E-state index contributed by atoms with van der Waals surface area (Å²) in [6.07, 6.45) is 1.39. The summed E-state index contributed by atoms with van der Waals surface area (Å²) in [6.45, 7) is 15.4. The van der Waals surface area contributed by atoms with E-state index in [1.165, 1.54) is 0 Å². The number of aliphatic hydroxyl groups is 2. The zero-order valence-corrected chi connectivity index (χ0v) is 17.6. The van der Waals surface area contributed by atoms with Gasteiger partial charge in [0.1, 0.15) is 0 Å². The van der Waals surface area contributed by atoms with Crippen molar-refractivity contribution >= 4 is 31.5 Å². The second-order valence-electron chi connectivity index (χ2n) is 7.55. The first-order chi connectivity index (χ1) is 9.21. The summed E-state index contributed by atoms with van der Waals surface area (Å²) >= 11 is 0. The van der Waals surface area contributed by atoms with Gasteiger partial charge in [0, 0.05) is 0 Å². The van der Waals surface area contributed by atoms with Crippen molar-refractivity contribution in [3.05, 3.63) is 0 Å². The SMILES string of the molecule is CCCC(O)C(O)([C]=O)[Si](C)(O[Si](C)(C)C)O[Si](C)(C)C. The van der Waals surface area contributed by atoms with E-state index in [0.717, 1.165) is 0 Å². The molecule has 0 bridgehead atoms. The van der Waals surface area contributed by atoms with Crippen molar-refractivity contribution in [2.45, 2.75) is 76.9 Å². The number of aliphatic hydroxyl groups excluding tert-OH is 1. The molecule has 0 spiro atoms. The molecule has 0 saturated heterocycles. The van der Waals surface area contributed by atoms with Crippen molar-refractivity contribution in [1.82, 2.24) is 0 Å². The van der Waals surface area contributed by atoms with Crippen LogP contribution in [0.2, 0.25) is 45.8 Å². The molecule has 0 saturated carbocycles. The minimum atomic E-state index is -3.37. The second kappa shape index (κ2) is 7.16. The highest BCUT2D eigenvalue weighted by Gasteiger charge is 2.61. The Morgan fingerprint density at radius 1 is 1.05 bits per heavy atom. The number of hydrogen-bond donors (Lipinski definition) is 2. The van der Waals surface area contributed by atoms with Crippen LogP contribution in [0.15, 0.2) is 0 Å². The van der Waals surface area contributed by atoms with Gasteiger partial charge in [-0.3, -0.25) is 4.79 Å². The lowest BCUT2D eigenvalue weighted by Crippen LogP contribution is -2.72. The molecule has 0 amide bonds. The van der Waals surface area contributed by atoms with Gasteiger partial charge in [0.25, 0.3) is 0 Å².